The number of carbonyl (C=O) groups is 1. The Labute approximate surface area is 259 Å². The average molecular weight is 629 g/mol. The van der Waals surface area contributed by atoms with E-state index in [2.05, 4.69) is 21.8 Å². The van der Waals surface area contributed by atoms with Crippen molar-refractivity contribution in [3.05, 3.63) is 70.3 Å². The van der Waals surface area contributed by atoms with Crippen molar-refractivity contribution >= 4 is 33.2 Å². The lowest BCUT2D eigenvalue weighted by Crippen LogP contribution is -2.49. The van der Waals surface area contributed by atoms with Gasteiger partial charge in [0, 0.05) is 48.7 Å². The van der Waals surface area contributed by atoms with E-state index in [0.29, 0.717) is 24.8 Å². The maximum atomic E-state index is 13.4. The molecule has 2 aromatic carbocycles. The first kappa shape index (κ1) is 30.4. The molecule has 0 aromatic heterocycles. The third kappa shape index (κ3) is 5.93. The van der Waals surface area contributed by atoms with E-state index >= 15 is 0 Å². The fourth-order valence-corrected chi connectivity index (χ4v) is 8.78. The molecule has 4 aliphatic rings. The van der Waals surface area contributed by atoms with E-state index in [0.717, 1.165) is 49.4 Å². The van der Waals surface area contributed by atoms with E-state index in [4.69, 9.17) is 21.1 Å². The quantitative estimate of drug-likeness (QED) is 0.457. The Morgan fingerprint density at radius 1 is 1.19 bits per heavy atom. The van der Waals surface area contributed by atoms with Gasteiger partial charge in [0.25, 0.3) is 5.91 Å². The number of anilines is 1. The van der Waals surface area contributed by atoms with Crippen LogP contribution in [0.25, 0.3) is 0 Å². The zero-order valence-corrected chi connectivity index (χ0v) is 26.4. The highest BCUT2D eigenvalue weighted by Gasteiger charge is 2.44. The van der Waals surface area contributed by atoms with E-state index < -0.39 is 21.2 Å². The van der Waals surface area contributed by atoms with Crippen LogP contribution in [0.5, 0.6) is 5.75 Å². The van der Waals surface area contributed by atoms with Crippen molar-refractivity contribution in [2.45, 2.75) is 62.2 Å². The Hall–Kier alpha value is -2.59. The number of halogens is 1. The van der Waals surface area contributed by atoms with Crippen LogP contribution in [0.3, 0.4) is 0 Å². The Bertz CT molecular complexity index is 1510. The summed E-state index contributed by atoms with van der Waals surface area (Å²) in [7, 11) is -2.28. The summed E-state index contributed by atoms with van der Waals surface area (Å²) in [5, 5.41) is 9.88. The number of hydrogen-bond acceptors (Lipinski definition) is 7. The highest BCUT2D eigenvalue weighted by Crippen LogP contribution is 2.47. The first-order chi connectivity index (χ1) is 20.6. The van der Waals surface area contributed by atoms with Gasteiger partial charge in [-0.15, -0.1) is 0 Å². The van der Waals surface area contributed by atoms with Crippen molar-refractivity contribution in [2.75, 3.05) is 38.3 Å². The Kier molecular flexibility index (Phi) is 8.54. The molecule has 6 atom stereocenters. The molecule has 1 amide bonds. The van der Waals surface area contributed by atoms with E-state index in [1.807, 2.05) is 18.2 Å². The number of nitrogens with one attached hydrogen (secondary N) is 1. The number of hydrogen-bond donors (Lipinski definition) is 2. The summed E-state index contributed by atoms with van der Waals surface area (Å²) >= 11 is 6.40. The van der Waals surface area contributed by atoms with Crippen molar-refractivity contribution in [2.24, 2.45) is 17.8 Å². The lowest BCUT2D eigenvalue weighted by atomic mass is 9.68. The van der Waals surface area contributed by atoms with Gasteiger partial charge in [0.1, 0.15) is 5.75 Å². The van der Waals surface area contributed by atoms with Crippen molar-refractivity contribution in [3.63, 3.8) is 0 Å². The van der Waals surface area contributed by atoms with E-state index in [1.54, 1.807) is 32.2 Å². The standard InChI is InChI=1S/C33H41ClN2O6S/c1-21-14-22(18-37)5-11-30(41-2)27-9-6-25(27)17-36-19-33(13-3-4-23-15-26(34)8-10-28(23)33)20-42-31-12-7-24(16-29(31)36)32(38)35-43(21,39)40/h5,7-8,10-12,15-16,21-22,25,27,30,37H,3-4,6,9,13-14,17-20H2,1-2H3,(H,35,38)/b11-5-/t21-,22+,25+,27-,30+,33+/m1/s1. The topological polar surface area (TPSA) is 105 Å². The van der Waals surface area contributed by atoms with Gasteiger partial charge in [-0.25, -0.2) is 13.1 Å². The minimum absolute atomic E-state index is 0.145. The number of ether oxygens (including phenoxy) is 2. The molecular weight excluding hydrogens is 588 g/mol. The zero-order chi connectivity index (χ0) is 30.4. The normalized spacial score (nSPS) is 32.8. The van der Waals surface area contributed by atoms with Gasteiger partial charge in [-0.2, -0.15) is 0 Å². The van der Waals surface area contributed by atoms with Crippen LogP contribution >= 0.6 is 11.6 Å². The molecule has 0 radical (unpaired) electrons. The molecule has 0 unspecified atom stereocenters. The molecule has 2 N–H and O–H groups in total. The molecule has 0 saturated heterocycles. The monoisotopic (exact) mass is 628 g/mol. The molecular formula is C33H41ClN2O6S. The van der Waals surface area contributed by atoms with Crippen LogP contribution in [-0.4, -0.2) is 64.2 Å². The summed E-state index contributed by atoms with van der Waals surface area (Å²) in [6.07, 6.45) is 8.95. The number of nitrogens with zero attached hydrogens (tertiary/aromatic N) is 1. The minimum Gasteiger partial charge on any atom is -0.490 e. The fourth-order valence-electron chi connectivity index (χ4n) is 7.51. The van der Waals surface area contributed by atoms with Crippen molar-refractivity contribution in [3.8, 4) is 5.75 Å². The second-order valence-electron chi connectivity index (χ2n) is 12.8. The van der Waals surface area contributed by atoms with Crippen LogP contribution < -0.4 is 14.4 Å². The lowest BCUT2D eigenvalue weighted by molar-refractivity contribution is 0.0129. The highest BCUT2D eigenvalue weighted by molar-refractivity contribution is 7.90. The molecule has 43 heavy (non-hydrogen) atoms. The zero-order valence-electron chi connectivity index (χ0n) is 24.8. The molecule has 1 spiro atoms. The molecule has 2 aliphatic heterocycles. The number of fused-ring (bicyclic) bond motifs is 4. The fraction of sp³-hybridized carbons (Fsp3) is 0.545. The highest BCUT2D eigenvalue weighted by atomic mass is 35.5. The summed E-state index contributed by atoms with van der Waals surface area (Å²) in [5.74, 6) is 0.275. The van der Waals surface area contributed by atoms with Gasteiger partial charge in [-0.05, 0) is 98.7 Å². The molecule has 2 heterocycles. The molecule has 1 fully saturated rings. The Morgan fingerprint density at radius 3 is 2.77 bits per heavy atom. The Morgan fingerprint density at radius 2 is 2.02 bits per heavy atom. The summed E-state index contributed by atoms with van der Waals surface area (Å²) in [6, 6.07) is 11.4. The second kappa shape index (κ2) is 12.1. The number of aliphatic hydroxyl groups excluding tert-OH is 1. The van der Waals surface area contributed by atoms with Gasteiger partial charge in [-0.1, -0.05) is 29.8 Å². The number of methoxy groups -OCH3 is 1. The number of aryl methyl sites for hydroxylation is 1. The van der Waals surface area contributed by atoms with Crippen LogP contribution in [0.4, 0.5) is 5.69 Å². The maximum absolute atomic E-state index is 13.4. The van der Waals surface area contributed by atoms with Crippen molar-refractivity contribution in [1.82, 2.24) is 4.72 Å². The lowest BCUT2D eigenvalue weighted by Gasteiger charge is -2.46. The molecule has 6 rings (SSSR count). The number of sulfonamides is 1. The number of amides is 1. The van der Waals surface area contributed by atoms with Crippen LogP contribution in [0.1, 0.15) is 60.5 Å². The number of benzene rings is 2. The smallest absolute Gasteiger partial charge is 0.264 e. The predicted octanol–water partition coefficient (Wildman–Crippen LogP) is 4.87. The van der Waals surface area contributed by atoms with Gasteiger partial charge in [0.15, 0.2) is 0 Å². The van der Waals surface area contributed by atoms with Gasteiger partial charge in [0.2, 0.25) is 10.0 Å². The third-order valence-electron chi connectivity index (χ3n) is 10.1. The van der Waals surface area contributed by atoms with Gasteiger partial charge in [-0.3, -0.25) is 4.79 Å². The molecule has 232 valence electrons. The SMILES string of the molecule is CO[C@H]1/C=C\[C@H](CO)C[C@@H](C)S(=O)(=O)NC(=O)c2ccc3c(c2)N(C[C@@H]2CC[C@H]21)C[C@@]1(CCCc2cc(Cl)ccc21)CO3. The van der Waals surface area contributed by atoms with Crippen LogP contribution in [-0.2, 0) is 26.6 Å². The number of rotatable bonds is 2. The molecule has 2 bridgehead atoms. The predicted molar refractivity (Wildman–Crippen MR) is 167 cm³/mol. The van der Waals surface area contributed by atoms with Crippen LogP contribution in [0, 0.1) is 17.8 Å². The summed E-state index contributed by atoms with van der Waals surface area (Å²) in [5.41, 5.74) is 3.33. The van der Waals surface area contributed by atoms with Gasteiger partial charge >= 0.3 is 0 Å². The largest absolute Gasteiger partial charge is 0.490 e. The van der Waals surface area contributed by atoms with Gasteiger partial charge in [0.05, 0.1) is 23.6 Å². The molecule has 10 heteroatoms. The van der Waals surface area contributed by atoms with E-state index in [-0.39, 0.29) is 41.9 Å². The van der Waals surface area contributed by atoms with E-state index in [9.17, 15) is 18.3 Å². The number of carbonyl (C=O) groups excluding carboxylic acids is 1. The Balaban J connectivity index is 1.43. The molecule has 8 nitrogen and oxygen atoms in total. The average Bonchev–Trinajstić information content (AvgIpc) is 3.12. The van der Waals surface area contributed by atoms with Gasteiger partial charge < -0.3 is 19.5 Å². The van der Waals surface area contributed by atoms with Crippen molar-refractivity contribution in [1.29, 1.82) is 0 Å². The first-order valence-corrected chi connectivity index (χ1v) is 17.2. The molecule has 2 aromatic rings. The summed E-state index contributed by atoms with van der Waals surface area (Å²) in [4.78, 5) is 15.7. The summed E-state index contributed by atoms with van der Waals surface area (Å²) < 4.78 is 41.1. The second-order valence-corrected chi connectivity index (χ2v) is 15.4. The van der Waals surface area contributed by atoms with Crippen LogP contribution in [0.15, 0.2) is 48.6 Å². The van der Waals surface area contributed by atoms with E-state index in [1.165, 1.54) is 11.1 Å². The third-order valence-corrected chi connectivity index (χ3v) is 12.1. The van der Waals surface area contributed by atoms with Crippen LogP contribution in [0.2, 0.25) is 5.02 Å². The maximum Gasteiger partial charge on any atom is 0.264 e. The summed E-state index contributed by atoms with van der Waals surface area (Å²) in [6.45, 7) is 3.33. The minimum atomic E-state index is -3.99. The first-order valence-electron chi connectivity index (χ1n) is 15.3. The number of aliphatic hydroxyl groups is 1. The molecule has 2 aliphatic carbocycles. The molecule has 1 saturated carbocycles. The van der Waals surface area contributed by atoms with Crippen molar-refractivity contribution < 1.29 is 27.8 Å².